The summed E-state index contributed by atoms with van der Waals surface area (Å²) in [5, 5.41) is 20.2. The molecule has 2 heterocycles. The van der Waals surface area contributed by atoms with Crippen molar-refractivity contribution in [1.29, 1.82) is 0 Å². The Labute approximate surface area is 119 Å². The van der Waals surface area contributed by atoms with Gasteiger partial charge < -0.3 is 0 Å². The average Bonchev–Trinajstić information content (AvgIpc) is 3.16. The molecule has 7 heteroatoms. The third-order valence-corrected chi connectivity index (χ3v) is 3.25. The zero-order valence-corrected chi connectivity index (χ0v) is 11.0. The van der Waals surface area contributed by atoms with E-state index in [9.17, 15) is 0 Å². The zero-order chi connectivity index (χ0) is 14.1. The Bertz CT molecular complexity index is 878. The van der Waals surface area contributed by atoms with E-state index < -0.39 is 0 Å². The number of hydrogen-bond donors (Lipinski definition) is 0. The molecule has 0 aliphatic rings. The Morgan fingerprint density at radius 1 is 0.762 bits per heavy atom. The first-order valence-corrected chi connectivity index (χ1v) is 6.51. The molecule has 2 aromatic heterocycles. The quantitative estimate of drug-likeness (QED) is 0.568. The first-order chi connectivity index (χ1) is 10.4. The molecule has 0 aliphatic carbocycles. The van der Waals surface area contributed by atoms with E-state index in [1.54, 1.807) is 9.36 Å². The summed E-state index contributed by atoms with van der Waals surface area (Å²) in [5.41, 5.74) is 2.77. The molecule has 0 fully saturated rings. The highest BCUT2D eigenvalue weighted by atomic mass is 15.6. The Morgan fingerprint density at radius 2 is 1.57 bits per heavy atom. The normalized spacial score (nSPS) is 11.0. The lowest BCUT2D eigenvalue weighted by Crippen LogP contribution is -2.12. The van der Waals surface area contributed by atoms with E-state index in [0.29, 0.717) is 12.5 Å². The molecular weight excluding hydrogens is 266 g/mol. The molecule has 0 atom stereocenters. The molecule has 4 rings (SSSR count). The van der Waals surface area contributed by atoms with Gasteiger partial charge in [-0.3, -0.25) is 0 Å². The molecular formula is C14H11N7. The SMILES string of the molecule is c1ccc(-c2nnnn2Cn2nnc3ccccc32)cc1. The summed E-state index contributed by atoms with van der Waals surface area (Å²) in [6, 6.07) is 17.6. The van der Waals surface area contributed by atoms with Crippen molar-refractivity contribution in [3.63, 3.8) is 0 Å². The fraction of sp³-hybridized carbons (Fsp3) is 0.0714. The minimum Gasteiger partial charge on any atom is -0.223 e. The number of para-hydroxylation sites is 1. The summed E-state index contributed by atoms with van der Waals surface area (Å²) >= 11 is 0. The van der Waals surface area contributed by atoms with Crippen LogP contribution in [0.1, 0.15) is 0 Å². The van der Waals surface area contributed by atoms with Crippen molar-refractivity contribution >= 4 is 11.0 Å². The summed E-state index contributed by atoms with van der Waals surface area (Å²) in [6.07, 6.45) is 0. The first-order valence-electron chi connectivity index (χ1n) is 6.51. The Kier molecular flexibility index (Phi) is 2.67. The minimum atomic E-state index is 0.414. The monoisotopic (exact) mass is 277 g/mol. The predicted molar refractivity (Wildman–Crippen MR) is 76.2 cm³/mol. The highest BCUT2D eigenvalue weighted by Gasteiger charge is 2.11. The van der Waals surface area contributed by atoms with E-state index in [1.807, 2.05) is 54.6 Å². The van der Waals surface area contributed by atoms with E-state index in [1.165, 1.54) is 0 Å². The molecule has 0 saturated carbocycles. The van der Waals surface area contributed by atoms with E-state index in [4.69, 9.17) is 0 Å². The van der Waals surface area contributed by atoms with Crippen LogP contribution in [-0.2, 0) is 6.67 Å². The van der Waals surface area contributed by atoms with Gasteiger partial charge in [-0.2, -0.15) is 0 Å². The van der Waals surface area contributed by atoms with Crippen LogP contribution in [0.25, 0.3) is 22.4 Å². The van der Waals surface area contributed by atoms with Crippen LogP contribution < -0.4 is 0 Å². The van der Waals surface area contributed by atoms with Gasteiger partial charge in [0.15, 0.2) is 5.82 Å². The summed E-state index contributed by atoms with van der Waals surface area (Å²) in [4.78, 5) is 0. The fourth-order valence-corrected chi connectivity index (χ4v) is 2.24. The maximum Gasteiger partial charge on any atom is 0.183 e. The van der Waals surface area contributed by atoms with Gasteiger partial charge in [-0.1, -0.05) is 47.7 Å². The second-order valence-electron chi connectivity index (χ2n) is 4.59. The molecule has 0 radical (unpaired) electrons. The number of aromatic nitrogens is 7. The second kappa shape index (κ2) is 4.78. The maximum atomic E-state index is 4.16. The number of tetrazole rings is 1. The molecule has 4 aromatic rings. The second-order valence-corrected chi connectivity index (χ2v) is 4.59. The van der Waals surface area contributed by atoms with Gasteiger partial charge in [0, 0.05) is 5.56 Å². The van der Waals surface area contributed by atoms with Crippen LogP contribution in [0.15, 0.2) is 54.6 Å². The lowest BCUT2D eigenvalue weighted by atomic mass is 10.2. The molecule has 0 spiro atoms. The van der Waals surface area contributed by atoms with Gasteiger partial charge in [0.25, 0.3) is 0 Å². The van der Waals surface area contributed by atoms with Crippen LogP contribution in [0, 0.1) is 0 Å². The van der Waals surface area contributed by atoms with Crippen LogP contribution in [0.4, 0.5) is 0 Å². The van der Waals surface area contributed by atoms with Gasteiger partial charge in [-0.05, 0) is 22.6 Å². The first kappa shape index (κ1) is 11.7. The van der Waals surface area contributed by atoms with Crippen molar-refractivity contribution in [3.8, 4) is 11.4 Å². The van der Waals surface area contributed by atoms with Crippen molar-refractivity contribution in [1.82, 2.24) is 35.2 Å². The summed E-state index contributed by atoms with van der Waals surface area (Å²) in [6.45, 7) is 0.414. The van der Waals surface area contributed by atoms with Crippen molar-refractivity contribution in [2.45, 2.75) is 6.67 Å². The van der Waals surface area contributed by atoms with E-state index in [0.717, 1.165) is 16.6 Å². The van der Waals surface area contributed by atoms with Gasteiger partial charge in [0.2, 0.25) is 0 Å². The molecule has 0 aliphatic heterocycles. The number of rotatable bonds is 3. The average molecular weight is 277 g/mol. The number of hydrogen-bond acceptors (Lipinski definition) is 5. The number of nitrogens with zero attached hydrogens (tertiary/aromatic N) is 7. The third-order valence-electron chi connectivity index (χ3n) is 3.25. The molecule has 2 aromatic carbocycles. The van der Waals surface area contributed by atoms with E-state index >= 15 is 0 Å². The highest BCUT2D eigenvalue weighted by Crippen LogP contribution is 2.16. The lowest BCUT2D eigenvalue weighted by molar-refractivity contribution is 0.493. The van der Waals surface area contributed by atoms with E-state index in [2.05, 4.69) is 25.8 Å². The fourth-order valence-electron chi connectivity index (χ4n) is 2.24. The third kappa shape index (κ3) is 2.04. The lowest BCUT2D eigenvalue weighted by Gasteiger charge is -2.05. The van der Waals surface area contributed by atoms with Crippen LogP contribution >= 0.6 is 0 Å². The predicted octanol–water partition coefficient (Wildman–Crippen LogP) is 1.59. The topological polar surface area (TPSA) is 74.3 Å². The molecule has 0 bridgehead atoms. The van der Waals surface area contributed by atoms with Gasteiger partial charge in [0.1, 0.15) is 12.2 Å². The molecule has 21 heavy (non-hydrogen) atoms. The van der Waals surface area contributed by atoms with Crippen LogP contribution in [0.2, 0.25) is 0 Å². The standard InChI is InChI=1S/C14H11N7/c1-2-6-11(7-3-1)14-16-17-19-21(14)10-20-13-9-5-4-8-12(13)15-18-20/h1-9H,10H2. The largest absolute Gasteiger partial charge is 0.223 e. The maximum absolute atomic E-state index is 4.16. The molecule has 0 saturated heterocycles. The summed E-state index contributed by atoms with van der Waals surface area (Å²) in [5.74, 6) is 0.704. The number of benzene rings is 2. The molecule has 102 valence electrons. The molecule has 0 N–H and O–H groups in total. The smallest absolute Gasteiger partial charge is 0.183 e. The van der Waals surface area contributed by atoms with Crippen LogP contribution in [-0.4, -0.2) is 35.2 Å². The van der Waals surface area contributed by atoms with Crippen LogP contribution in [0.3, 0.4) is 0 Å². The van der Waals surface area contributed by atoms with Crippen molar-refractivity contribution < 1.29 is 0 Å². The Hall–Kier alpha value is -3.09. The molecule has 0 amide bonds. The van der Waals surface area contributed by atoms with Gasteiger partial charge >= 0.3 is 0 Å². The van der Waals surface area contributed by atoms with Crippen LogP contribution in [0.5, 0.6) is 0 Å². The van der Waals surface area contributed by atoms with Gasteiger partial charge in [0.05, 0.1) is 5.52 Å². The van der Waals surface area contributed by atoms with Crippen molar-refractivity contribution in [2.24, 2.45) is 0 Å². The Balaban J connectivity index is 1.74. The number of fused-ring (bicyclic) bond motifs is 1. The van der Waals surface area contributed by atoms with Gasteiger partial charge in [-0.15, -0.1) is 10.2 Å². The van der Waals surface area contributed by atoms with Crippen molar-refractivity contribution in [3.05, 3.63) is 54.6 Å². The summed E-state index contributed by atoms with van der Waals surface area (Å²) in [7, 11) is 0. The van der Waals surface area contributed by atoms with Crippen molar-refractivity contribution in [2.75, 3.05) is 0 Å². The molecule has 7 nitrogen and oxygen atoms in total. The minimum absolute atomic E-state index is 0.414. The van der Waals surface area contributed by atoms with E-state index in [-0.39, 0.29) is 0 Å². The van der Waals surface area contributed by atoms with Gasteiger partial charge in [-0.25, -0.2) is 9.36 Å². The highest BCUT2D eigenvalue weighted by molar-refractivity contribution is 5.73. The summed E-state index contributed by atoms with van der Waals surface area (Å²) < 4.78 is 3.48. The Morgan fingerprint density at radius 3 is 2.48 bits per heavy atom. The molecule has 0 unspecified atom stereocenters. The zero-order valence-electron chi connectivity index (χ0n) is 11.0.